The molecule has 0 atom stereocenters. The zero-order chi connectivity index (χ0) is 16.7. The number of allylic oxidation sites excluding steroid dienone is 2. The van der Waals surface area contributed by atoms with Crippen LogP contribution >= 0.6 is 0 Å². The Bertz CT molecular complexity index is 648. The van der Waals surface area contributed by atoms with Gasteiger partial charge in [0.25, 0.3) is 0 Å². The lowest BCUT2D eigenvalue weighted by atomic mass is 10.0. The Morgan fingerprint density at radius 1 is 1.26 bits per heavy atom. The van der Waals surface area contributed by atoms with Crippen LogP contribution in [0.5, 0.6) is 5.75 Å². The highest BCUT2D eigenvalue weighted by molar-refractivity contribution is 5.67. The van der Waals surface area contributed by atoms with Crippen molar-refractivity contribution in [1.82, 2.24) is 4.98 Å². The SMILES string of the molecule is C/C=C(\CC)c1cc(CNc2ccccn2)cc(OC(C)C)c1. The van der Waals surface area contributed by atoms with Gasteiger partial charge in [-0.2, -0.15) is 0 Å². The van der Waals surface area contributed by atoms with Gasteiger partial charge in [-0.05, 0) is 74.2 Å². The summed E-state index contributed by atoms with van der Waals surface area (Å²) < 4.78 is 5.92. The van der Waals surface area contributed by atoms with E-state index in [2.05, 4.69) is 62.3 Å². The van der Waals surface area contributed by atoms with Crippen LogP contribution < -0.4 is 10.1 Å². The maximum Gasteiger partial charge on any atom is 0.126 e. The van der Waals surface area contributed by atoms with Crippen molar-refractivity contribution in [3.63, 3.8) is 0 Å². The summed E-state index contributed by atoms with van der Waals surface area (Å²) in [5.74, 6) is 1.80. The molecule has 0 saturated heterocycles. The summed E-state index contributed by atoms with van der Waals surface area (Å²) in [6, 6.07) is 12.3. The Morgan fingerprint density at radius 2 is 2.09 bits per heavy atom. The minimum atomic E-state index is 0.164. The Balaban J connectivity index is 2.24. The molecule has 1 heterocycles. The van der Waals surface area contributed by atoms with E-state index < -0.39 is 0 Å². The van der Waals surface area contributed by atoms with E-state index in [1.807, 2.05) is 18.2 Å². The van der Waals surface area contributed by atoms with Crippen LogP contribution in [0.1, 0.15) is 45.2 Å². The molecular formula is C20H26N2O. The smallest absolute Gasteiger partial charge is 0.126 e. The lowest BCUT2D eigenvalue weighted by Crippen LogP contribution is -2.07. The van der Waals surface area contributed by atoms with Gasteiger partial charge in [-0.25, -0.2) is 4.98 Å². The topological polar surface area (TPSA) is 34.2 Å². The average molecular weight is 310 g/mol. The molecule has 0 amide bonds. The molecule has 1 aromatic carbocycles. The van der Waals surface area contributed by atoms with Gasteiger partial charge in [0.2, 0.25) is 0 Å². The molecule has 2 rings (SSSR count). The maximum absolute atomic E-state index is 5.92. The van der Waals surface area contributed by atoms with E-state index >= 15 is 0 Å². The first-order valence-electron chi connectivity index (χ1n) is 8.23. The van der Waals surface area contributed by atoms with Crippen molar-refractivity contribution in [2.24, 2.45) is 0 Å². The molecule has 0 unspecified atom stereocenters. The predicted molar refractivity (Wildman–Crippen MR) is 97.7 cm³/mol. The van der Waals surface area contributed by atoms with Gasteiger partial charge in [0.1, 0.15) is 11.6 Å². The van der Waals surface area contributed by atoms with E-state index in [4.69, 9.17) is 4.74 Å². The van der Waals surface area contributed by atoms with Crippen molar-refractivity contribution in [3.8, 4) is 5.75 Å². The summed E-state index contributed by atoms with van der Waals surface area (Å²) in [6.07, 6.45) is 5.14. The van der Waals surface area contributed by atoms with Crippen molar-refractivity contribution in [2.45, 2.75) is 46.8 Å². The minimum absolute atomic E-state index is 0.164. The van der Waals surface area contributed by atoms with Crippen LogP contribution in [0.3, 0.4) is 0 Å². The number of anilines is 1. The molecule has 0 fully saturated rings. The minimum Gasteiger partial charge on any atom is -0.491 e. The highest BCUT2D eigenvalue weighted by atomic mass is 16.5. The van der Waals surface area contributed by atoms with E-state index in [9.17, 15) is 0 Å². The molecule has 1 aromatic heterocycles. The molecule has 0 bridgehead atoms. The third-order valence-electron chi connectivity index (χ3n) is 3.58. The fourth-order valence-electron chi connectivity index (χ4n) is 2.52. The molecule has 0 aliphatic carbocycles. The van der Waals surface area contributed by atoms with Gasteiger partial charge in [0.05, 0.1) is 6.10 Å². The Kier molecular flexibility index (Phi) is 6.21. The predicted octanol–water partition coefficient (Wildman–Crippen LogP) is 5.29. The van der Waals surface area contributed by atoms with E-state index in [-0.39, 0.29) is 6.10 Å². The monoisotopic (exact) mass is 310 g/mol. The van der Waals surface area contributed by atoms with Gasteiger partial charge in [0.15, 0.2) is 0 Å². The number of nitrogens with zero attached hydrogens (tertiary/aromatic N) is 1. The van der Waals surface area contributed by atoms with Crippen LogP contribution in [0.4, 0.5) is 5.82 Å². The molecule has 0 aliphatic rings. The number of aromatic nitrogens is 1. The van der Waals surface area contributed by atoms with Crippen molar-refractivity contribution in [1.29, 1.82) is 0 Å². The number of hydrogen-bond acceptors (Lipinski definition) is 3. The number of hydrogen-bond donors (Lipinski definition) is 1. The fraction of sp³-hybridized carbons (Fsp3) is 0.350. The lowest BCUT2D eigenvalue weighted by Gasteiger charge is -2.15. The molecule has 1 N–H and O–H groups in total. The van der Waals surface area contributed by atoms with Gasteiger partial charge in [0, 0.05) is 12.7 Å². The van der Waals surface area contributed by atoms with Crippen molar-refractivity contribution in [2.75, 3.05) is 5.32 Å². The Morgan fingerprint density at radius 3 is 2.70 bits per heavy atom. The lowest BCUT2D eigenvalue weighted by molar-refractivity contribution is 0.242. The summed E-state index contributed by atoms with van der Waals surface area (Å²) in [7, 11) is 0. The Hall–Kier alpha value is -2.29. The molecular weight excluding hydrogens is 284 g/mol. The number of pyridine rings is 1. The van der Waals surface area contributed by atoms with E-state index in [1.54, 1.807) is 6.20 Å². The van der Waals surface area contributed by atoms with Gasteiger partial charge in [-0.15, -0.1) is 0 Å². The number of ether oxygens (including phenoxy) is 1. The summed E-state index contributed by atoms with van der Waals surface area (Å²) in [5, 5.41) is 3.36. The second kappa shape index (κ2) is 8.37. The molecule has 0 spiro atoms. The molecule has 0 saturated carbocycles. The molecule has 122 valence electrons. The van der Waals surface area contributed by atoms with E-state index in [0.717, 1.165) is 24.5 Å². The third kappa shape index (κ3) is 5.13. The van der Waals surface area contributed by atoms with Crippen LogP contribution in [0.2, 0.25) is 0 Å². The van der Waals surface area contributed by atoms with Crippen LogP contribution in [-0.2, 0) is 6.54 Å². The first-order valence-corrected chi connectivity index (χ1v) is 8.23. The van der Waals surface area contributed by atoms with Crippen LogP contribution in [0.15, 0.2) is 48.7 Å². The number of nitrogens with one attached hydrogen (secondary N) is 1. The average Bonchev–Trinajstić information content (AvgIpc) is 2.54. The highest BCUT2D eigenvalue weighted by Gasteiger charge is 2.07. The molecule has 23 heavy (non-hydrogen) atoms. The van der Waals surface area contributed by atoms with Gasteiger partial charge in [-0.1, -0.05) is 19.1 Å². The molecule has 2 aromatic rings. The summed E-state index contributed by atoms with van der Waals surface area (Å²) in [5.41, 5.74) is 3.75. The fourth-order valence-corrected chi connectivity index (χ4v) is 2.52. The summed E-state index contributed by atoms with van der Waals surface area (Å²) in [4.78, 5) is 4.30. The summed E-state index contributed by atoms with van der Waals surface area (Å²) in [6.45, 7) is 9.08. The third-order valence-corrected chi connectivity index (χ3v) is 3.58. The first kappa shape index (κ1) is 17.1. The van der Waals surface area contributed by atoms with Crippen molar-refractivity contribution in [3.05, 3.63) is 59.8 Å². The van der Waals surface area contributed by atoms with Crippen LogP contribution in [0.25, 0.3) is 5.57 Å². The largest absolute Gasteiger partial charge is 0.491 e. The van der Waals surface area contributed by atoms with Crippen LogP contribution in [0, 0.1) is 0 Å². The maximum atomic E-state index is 5.92. The van der Waals surface area contributed by atoms with E-state index in [0.29, 0.717) is 0 Å². The highest BCUT2D eigenvalue weighted by Crippen LogP contribution is 2.26. The quantitative estimate of drug-likeness (QED) is 0.754. The van der Waals surface area contributed by atoms with E-state index in [1.165, 1.54) is 16.7 Å². The standard InChI is InChI=1S/C20H26N2O/c1-5-17(6-2)18-11-16(12-19(13-18)23-15(3)4)14-22-20-9-7-8-10-21-20/h5,7-13,15H,6,14H2,1-4H3,(H,21,22)/b17-5+. The van der Waals surface area contributed by atoms with Crippen molar-refractivity contribution >= 4 is 11.4 Å². The summed E-state index contributed by atoms with van der Waals surface area (Å²) >= 11 is 0. The molecule has 3 nitrogen and oxygen atoms in total. The second-order valence-corrected chi connectivity index (χ2v) is 5.77. The first-order chi connectivity index (χ1) is 11.1. The van der Waals surface area contributed by atoms with Gasteiger partial charge < -0.3 is 10.1 Å². The second-order valence-electron chi connectivity index (χ2n) is 5.77. The zero-order valence-corrected chi connectivity index (χ0v) is 14.5. The zero-order valence-electron chi connectivity index (χ0n) is 14.5. The van der Waals surface area contributed by atoms with Crippen LogP contribution in [-0.4, -0.2) is 11.1 Å². The number of benzene rings is 1. The molecule has 0 aliphatic heterocycles. The normalized spacial score (nSPS) is 11.6. The van der Waals surface area contributed by atoms with Crippen molar-refractivity contribution < 1.29 is 4.74 Å². The molecule has 3 heteroatoms. The van der Waals surface area contributed by atoms with Gasteiger partial charge in [-0.3, -0.25) is 0 Å². The Labute approximate surface area is 139 Å². The molecule has 0 radical (unpaired) electrons. The van der Waals surface area contributed by atoms with Gasteiger partial charge >= 0.3 is 0 Å². The number of rotatable bonds is 7.